The van der Waals surface area contributed by atoms with Gasteiger partial charge in [-0.25, -0.2) is 0 Å². The fourth-order valence-electron chi connectivity index (χ4n) is 3.17. The highest BCUT2D eigenvalue weighted by atomic mass is 32.1. The molecule has 5 rings (SSSR count). The van der Waals surface area contributed by atoms with Crippen LogP contribution < -0.4 is 0 Å². The largest absolute Gasteiger partial charge is 0.297 e. The number of benzene rings is 2. The molecule has 120 valence electrons. The third-order valence-electron chi connectivity index (χ3n) is 4.31. The van der Waals surface area contributed by atoms with E-state index in [2.05, 4.69) is 60.0 Å². The van der Waals surface area contributed by atoms with Crippen LogP contribution in [-0.4, -0.2) is 6.29 Å². The van der Waals surface area contributed by atoms with E-state index in [1.165, 1.54) is 36.2 Å². The lowest BCUT2D eigenvalue weighted by Gasteiger charge is -1.97. The maximum atomic E-state index is 11.1. The van der Waals surface area contributed by atoms with E-state index in [9.17, 15) is 4.79 Å². The summed E-state index contributed by atoms with van der Waals surface area (Å²) in [5.41, 5.74) is 1.31. The van der Waals surface area contributed by atoms with Crippen LogP contribution in [-0.2, 0) is 0 Å². The molecule has 0 saturated carbocycles. The molecular weight excluding hydrogens is 364 g/mol. The average Bonchev–Trinajstić information content (AvgIpc) is 3.37. The molecule has 3 aromatic heterocycles. The van der Waals surface area contributed by atoms with E-state index >= 15 is 0 Å². The lowest BCUT2D eigenvalue weighted by molar-refractivity contribution is 0.112. The summed E-state index contributed by atoms with van der Waals surface area (Å²) < 4.78 is 1.32. The SMILES string of the molecule is O=Cc1ccc(-c2sc(-c3csc4ccccc34)c3ccccc23)s1. The van der Waals surface area contributed by atoms with E-state index in [4.69, 9.17) is 0 Å². The van der Waals surface area contributed by atoms with Gasteiger partial charge in [0, 0.05) is 41.6 Å². The fourth-order valence-corrected chi connectivity index (χ4v) is 6.45. The van der Waals surface area contributed by atoms with Crippen LogP contribution in [0.4, 0.5) is 0 Å². The van der Waals surface area contributed by atoms with Crippen LogP contribution in [0.1, 0.15) is 9.67 Å². The molecular formula is C21H12OS3. The van der Waals surface area contributed by atoms with Gasteiger partial charge in [0.15, 0.2) is 6.29 Å². The third kappa shape index (κ3) is 2.37. The van der Waals surface area contributed by atoms with E-state index in [1.807, 2.05) is 17.4 Å². The molecule has 1 nitrogen and oxygen atoms in total. The number of fused-ring (bicyclic) bond motifs is 2. The molecule has 0 amide bonds. The van der Waals surface area contributed by atoms with Crippen molar-refractivity contribution >= 4 is 61.2 Å². The van der Waals surface area contributed by atoms with Crippen molar-refractivity contribution in [3.8, 4) is 20.2 Å². The molecule has 0 fully saturated rings. The lowest BCUT2D eigenvalue weighted by atomic mass is 10.1. The number of carbonyl (C=O) groups excluding carboxylic acids is 1. The zero-order chi connectivity index (χ0) is 16.8. The lowest BCUT2D eigenvalue weighted by Crippen LogP contribution is -1.71. The van der Waals surface area contributed by atoms with Gasteiger partial charge in [-0.15, -0.1) is 34.0 Å². The van der Waals surface area contributed by atoms with Crippen molar-refractivity contribution in [1.29, 1.82) is 0 Å². The Morgan fingerprint density at radius 2 is 1.44 bits per heavy atom. The van der Waals surface area contributed by atoms with Gasteiger partial charge in [0.2, 0.25) is 0 Å². The molecule has 0 N–H and O–H groups in total. The van der Waals surface area contributed by atoms with Gasteiger partial charge in [0.25, 0.3) is 0 Å². The van der Waals surface area contributed by atoms with Crippen molar-refractivity contribution in [3.05, 3.63) is 70.9 Å². The van der Waals surface area contributed by atoms with Gasteiger partial charge in [-0.05, 0) is 18.2 Å². The Bertz CT molecular complexity index is 1220. The Hall–Kier alpha value is -2.27. The van der Waals surface area contributed by atoms with Crippen LogP contribution in [0.2, 0.25) is 0 Å². The summed E-state index contributed by atoms with van der Waals surface area (Å²) in [6, 6.07) is 21.1. The number of hydrogen-bond acceptors (Lipinski definition) is 4. The topological polar surface area (TPSA) is 17.1 Å². The van der Waals surface area contributed by atoms with Crippen LogP contribution in [0.15, 0.2) is 66.0 Å². The maximum Gasteiger partial charge on any atom is 0.160 e. The van der Waals surface area contributed by atoms with Gasteiger partial charge in [-0.3, -0.25) is 4.79 Å². The Morgan fingerprint density at radius 1 is 0.720 bits per heavy atom. The zero-order valence-corrected chi connectivity index (χ0v) is 15.5. The highest BCUT2D eigenvalue weighted by molar-refractivity contribution is 7.26. The van der Waals surface area contributed by atoms with Crippen molar-refractivity contribution in [2.45, 2.75) is 0 Å². The summed E-state index contributed by atoms with van der Waals surface area (Å²) in [5.74, 6) is 0. The quantitative estimate of drug-likeness (QED) is 0.301. The second kappa shape index (κ2) is 5.92. The molecule has 25 heavy (non-hydrogen) atoms. The second-order valence-electron chi connectivity index (χ2n) is 5.77. The molecule has 0 aliphatic rings. The van der Waals surface area contributed by atoms with Crippen LogP contribution in [0, 0.1) is 0 Å². The standard InChI is InChI=1S/C21H12OS3/c22-11-13-9-10-19(24-13)21-16-7-2-1-6-15(16)20(25-21)17-12-23-18-8-4-3-5-14(17)18/h1-12H. The summed E-state index contributed by atoms with van der Waals surface area (Å²) >= 11 is 5.18. The van der Waals surface area contributed by atoms with Gasteiger partial charge in [0.05, 0.1) is 9.75 Å². The molecule has 0 aliphatic heterocycles. The minimum absolute atomic E-state index is 0.773. The molecule has 0 radical (unpaired) electrons. The van der Waals surface area contributed by atoms with Gasteiger partial charge in [-0.2, -0.15) is 0 Å². The third-order valence-corrected chi connectivity index (χ3v) is 7.72. The van der Waals surface area contributed by atoms with Crippen molar-refractivity contribution in [2.24, 2.45) is 0 Å². The van der Waals surface area contributed by atoms with Crippen LogP contribution >= 0.6 is 34.0 Å². The van der Waals surface area contributed by atoms with Crippen molar-refractivity contribution in [2.75, 3.05) is 0 Å². The van der Waals surface area contributed by atoms with Gasteiger partial charge >= 0.3 is 0 Å². The Labute approximate surface area is 156 Å². The first-order valence-corrected chi connectivity index (χ1v) is 10.4. The zero-order valence-electron chi connectivity index (χ0n) is 13.1. The normalized spacial score (nSPS) is 11.4. The highest BCUT2D eigenvalue weighted by Gasteiger charge is 2.17. The first-order valence-electron chi connectivity index (χ1n) is 7.88. The minimum atomic E-state index is 0.773. The monoisotopic (exact) mass is 376 g/mol. The smallest absolute Gasteiger partial charge is 0.160 e. The van der Waals surface area contributed by atoms with E-state index in [0.717, 1.165) is 16.0 Å². The Balaban J connectivity index is 1.81. The number of hydrogen-bond donors (Lipinski definition) is 0. The second-order valence-corrected chi connectivity index (χ2v) is 8.82. The molecule has 4 heteroatoms. The molecule has 0 unspecified atom stereocenters. The molecule has 0 bridgehead atoms. The summed E-state index contributed by atoms with van der Waals surface area (Å²) in [5, 5.41) is 6.12. The number of rotatable bonds is 3. The summed E-state index contributed by atoms with van der Waals surface area (Å²) in [7, 11) is 0. The number of aldehydes is 1. The molecule has 0 saturated heterocycles. The predicted molar refractivity (Wildman–Crippen MR) is 111 cm³/mol. The maximum absolute atomic E-state index is 11.1. The molecule has 0 aliphatic carbocycles. The van der Waals surface area contributed by atoms with Gasteiger partial charge < -0.3 is 0 Å². The summed E-state index contributed by atoms with van der Waals surface area (Å²) in [6.45, 7) is 0. The van der Waals surface area contributed by atoms with E-state index in [0.29, 0.717) is 0 Å². The average molecular weight is 377 g/mol. The van der Waals surface area contributed by atoms with Crippen LogP contribution in [0.3, 0.4) is 0 Å². The predicted octanol–water partition coefficient (Wildman–Crippen LogP) is 7.32. The van der Waals surface area contributed by atoms with Crippen LogP contribution in [0.5, 0.6) is 0 Å². The molecule has 0 atom stereocenters. The van der Waals surface area contributed by atoms with E-state index in [1.54, 1.807) is 22.7 Å². The van der Waals surface area contributed by atoms with E-state index < -0.39 is 0 Å². The molecule has 3 heterocycles. The van der Waals surface area contributed by atoms with Gasteiger partial charge in [-0.1, -0.05) is 42.5 Å². The van der Waals surface area contributed by atoms with E-state index in [-0.39, 0.29) is 0 Å². The first-order chi connectivity index (χ1) is 12.3. The van der Waals surface area contributed by atoms with Crippen molar-refractivity contribution in [3.63, 3.8) is 0 Å². The molecule has 2 aromatic carbocycles. The first kappa shape index (κ1) is 15.0. The molecule has 0 spiro atoms. The van der Waals surface area contributed by atoms with Crippen LogP contribution in [0.25, 0.3) is 41.1 Å². The Morgan fingerprint density at radius 3 is 2.20 bits per heavy atom. The fraction of sp³-hybridized carbons (Fsp3) is 0. The molecule has 5 aromatic rings. The summed E-state index contributed by atoms with van der Waals surface area (Å²) in [4.78, 5) is 15.6. The number of carbonyl (C=O) groups is 1. The van der Waals surface area contributed by atoms with Gasteiger partial charge in [0.1, 0.15) is 0 Å². The van der Waals surface area contributed by atoms with Crippen molar-refractivity contribution in [1.82, 2.24) is 0 Å². The summed E-state index contributed by atoms with van der Waals surface area (Å²) in [6.07, 6.45) is 0.928. The van der Waals surface area contributed by atoms with Crippen molar-refractivity contribution < 1.29 is 4.79 Å². The highest BCUT2D eigenvalue weighted by Crippen LogP contribution is 2.48. The number of thiophene rings is 3. The Kier molecular flexibility index (Phi) is 3.55. The minimum Gasteiger partial charge on any atom is -0.297 e.